The number of carboxylic acids is 2. The Kier molecular flexibility index (Phi) is 9.32. The molecule has 0 N–H and O–H groups in total. The Hall–Kier alpha value is -1.92. The van der Waals surface area contributed by atoms with Crippen LogP contribution in [0.5, 0.6) is 0 Å². The van der Waals surface area contributed by atoms with Gasteiger partial charge in [0.05, 0.1) is 68.3 Å². The molecule has 0 saturated heterocycles. The number of nitrogens with zero attached hydrogens (tertiary/aromatic N) is 2. The second kappa shape index (κ2) is 9.17. The van der Waals surface area contributed by atoms with Crippen LogP contribution in [-0.4, -0.2) is 77.3 Å². The van der Waals surface area contributed by atoms with Crippen LogP contribution in [-0.2, 0) is 0 Å². The summed E-state index contributed by atoms with van der Waals surface area (Å²) < 4.78 is 2.00. The lowest BCUT2D eigenvalue weighted by atomic mass is 10.1. The zero-order chi connectivity index (χ0) is 18.1. The van der Waals surface area contributed by atoms with Crippen LogP contribution in [0.3, 0.4) is 0 Å². The van der Waals surface area contributed by atoms with Crippen molar-refractivity contribution in [2.45, 2.75) is 0 Å². The third-order valence-electron chi connectivity index (χ3n) is 1.36. The number of carbonyl (C=O) groups is 2. The van der Waals surface area contributed by atoms with Gasteiger partial charge in [-0.15, -0.1) is 0 Å². The van der Waals surface area contributed by atoms with Gasteiger partial charge in [0, 0.05) is 0 Å². The minimum atomic E-state index is -1.33. The fraction of sp³-hybridized carbons (Fsp3) is 0.500. The average molecular weight is 312 g/mol. The Balaban J connectivity index is 0. The van der Waals surface area contributed by atoms with Crippen molar-refractivity contribution in [1.82, 2.24) is 0 Å². The molecule has 0 amide bonds. The molecule has 0 unspecified atom stereocenters. The minimum absolute atomic E-state index is 0.0556. The first kappa shape index (κ1) is 22.4. The lowest BCUT2D eigenvalue weighted by molar-refractivity contribution is -0.849. The smallest absolute Gasteiger partial charge is 0.0715 e. The largest absolute Gasteiger partial charge is 0.545 e. The van der Waals surface area contributed by atoms with Crippen molar-refractivity contribution in [1.29, 1.82) is 0 Å². The molecule has 0 bridgehead atoms. The molecule has 0 saturated carbocycles. The van der Waals surface area contributed by atoms with Crippen molar-refractivity contribution in [3.63, 3.8) is 0 Å². The molecule has 0 atom stereocenters. The van der Waals surface area contributed by atoms with E-state index in [0.717, 1.165) is 33.2 Å². The van der Waals surface area contributed by atoms with Gasteiger partial charge in [-0.05, 0) is 11.1 Å². The highest BCUT2D eigenvalue weighted by atomic mass is 16.4. The van der Waals surface area contributed by atoms with Crippen LogP contribution in [0, 0.1) is 0 Å². The third-order valence-corrected chi connectivity index (χ3v) is 1.36. The van der Waals surface area contributed by atoms with Gasteiger partial charge in [0.1, 0.15) is 0 Å². The number of aromatic carboxylic acids is 2. The van der Waals surface area contributed by atoms with E-state index in [1.807, 2.05) is 0 Å². The highest BCUT2D eigenvalue weighted by Gasteiger charge is 1.94. The molecule has 0 aliphatic rings. The van der Waals surface area contributed by atoms with Gasteiger partial charge in [-0.1, -0.05) is 24.3 Å². The lowest BCUT2D eigenvalue weighted by Gasteiger charge is -2.14. The second-order valence-corrected chi connectivity index (χ2v) is 7.52. The molecule has 126 valence electrons. The van der Waals surface area contributed by atoms with Crippen LogP contribution in [0.15, 0.2) is 24.3 Å². The predicted octanol–water partition coefficient (Wildman–Crippen LogP) is -0.942. The molecular weight excluding hydrogens is 284 g/mol. The Morgan fingerprint density at radius 1 is 0.636 bits per heavy atom. The predicted molar refractivity (Wildman–Crippen MR) is 83.0 cm³/mol. The topological polar surface area (TPSA) is 80.3 Å². The van der Waals surface area contributed by atoms with Crippen molar-refractivity contribution in [3.8, 4) is 0 Å². The van der Waals surface area contributed by atoms with Crippen LogP contribution in [0.1, 0.15) is 20.7 Å². The highest BCUT2D eigenvalue weighted by Crippen LogP contribution is 2.01. The first-order valence-corrected chi connectivity index (χ1v) is 6.72. The molecule has 1 rings (SSSR count). The second-order valence-electron chi connectivity index (χ2n) is 7.52. The SMILES string of the molecule is C[N+](C)(C)C.C[N+](C)(C)C.O=C([O-])c1ccc(C(=O)[O-])cc1. The van der Waals surface area contributed by atoms with Crippen molar-refractivity contribution < 1.29 is 28.8 Å². The molecule has 1 aromatic carbocycles. The molecule has 0 aromatic heterocycles. The maximum atomic E-state index is 10.2. The first-order valence-electron chi connectivity index (χ1n) is 6.72. The Bertz CT molecular complexity index is 411. The number of hydrogen-bond donors (Lipinski definition) is 0. The highest BCUT2D eigenvalue weighted by molar-refractivity contribution is 5.89. The molecule has 0 radical (unpaired) electrons. The Morgan fingerprint density at radius 3 is 0.864 bits per heavy atom. The summed E-state index contributed by atoms with van der Waals surface area (Å²) in [5, 5.41) is 20.4. The van der Waals surface area contributed by atoms with Crippen LogP contribution >= 0.6 is 0 Å². The van der Waals surface area contributed by atoms with Crippen LogP contribution in [0.4, 0.5) is 0 Å². The fourth-order valence-electron chi connectivity index (χ4n) is 0.742. The fourth-order valence-corrected chi connectivity index (χ4v) is 0.742. The van der Waals surface area contributed by atoms with Crippen molar-refractivity contribution in [2.24, 2.45) is 0 Å². The van der Waals surface area contributed by atoms with Crippen molar-refractivity contribution >= 4 is 11.9 Å². The van der Waals surface area contributed by atoms with Gasteiger partial charge in [0.25, 0.3) is 0 Å². The molecule has 0 fully saturated rings. The number of benzene rings is 1. The van der Waals surface area contributed by atoms with Gasteiger partial charge >= 0.3 is 0 Å². The molecule has 6 nitrogen and oxygen atoms in total. The standard InChI is InChI=1S/C8H6O4.2C4H12N/c9-7(10)5-1-2-6(4-3-5)8(11)12;2*1-5(2,3)4/h1-4H,(H,9,10)(H,11,12);2*1-4H3/q;2*+1/p-2. The van der Waals surface area contributed by atoms with Gasteiger partial charge in [-0.2, -0.15) is 0 Å². The molecule has 0 heterocycles. The zero-order valence-corrected chi connectivity index (χ0v) is 14.8. The number of carbonyl (C=O) groups excluding carboxylic acids is 2. The normalized spacial score (nSPS) is 10.5. The summed E-state index contributed by atoms with van der Waals surface area (Å²) >= 11 is 0. The monoisotopic (exact) mass is 312 g/mol. The molecule has 1 aromatic rings. The molecule has 0 spiro atoms. The van der Waals surface area contributed by atoms with E-state index < -0.39 is 11.9 Å². The van der Waals surface area contributed by atoms with E-state index in [1.165, 1.54) is 0 Å². The number of hydrogen-bond acceptors (Lipinski definition) is 4. The number of rotatable bonds is 2. The molecular formula is C16H28N2O4. The van der Waals surface area contributed by atoms with E-state index in [1.54, 1.807) is 0 Å². The van der Waals surface area contributed by atoms with E-state index in [0.29, 0.717) is 0 Å². The van der Waals surface area contributed by atoms with Gasteiger partial charge in [0.2, 0.25) is 0 Å². The summed E-state index contributed by atoms with van der Waals surface area (Å²) in [5.74, 6) is -2.67. The van der Waals surface area contributed by atoms with E-state index >= 15 is 0 Å². The maximum Gasteiger partial charge on any atom is 0.0715 e. The molecule has 0 aliphatic carbocycles. The van der Waals surface area contributed by atoms with E-state index in [9.17, 15) is 19.8 Å². The van der Waals surface area contributed by atoms with E-state index in [2.05, 4.69) is 56.4 Å². The number of carboxylic acid groups (broad SMARTS) is 2. The van der Waals surface area contributed by atoms with E-state index in [4.69, 9.17) is 0 Å². The van der Waals surface area contributed by atoms with Gasteiger partial charge in [-0.3, -0.25) is 0 Å². The van der Waals surface area contributed by atoms with Gasteiger partial charge in [-0.25, -0.2) is 0 Å². The van der Waals surface area contributed by atoms with Crippen LogP contribution < -0.4 is 10.2 Å². The van der Waals surface area contributed by atoms with Crippen LogP contribution in [0.25, 0.3) is 0 Å². The van der Waals surface area contributed by atoms with Gasteiger partial charge in [0.15, 0.2) is 0 Å². The lowest BCUT2D eigenvalue weighted by Crippen LogP contribution is -2.27. The minimum Gasteiger partial charge on any atom is -0.545 e. The number of quaternary nitrogens is 2. The molecule has 6 heteroatoms. The van der Waals surface area contributed by atoms with Crippen LogP contribution in [0.2, 0.25) is 0 Å². The van der Waals surface area contributed by atoms with E-state index in [-0.39, 0.29) is 11.1 Å². The molecule has 22 heavy (non-hydrogen) atoms. The Morgan fingerprint density at radius 2 is 0.773 bits per heavy atom. The van der Waals surface area contributed by atoms with Gasteiger partial charge < -0.3 is 28.8 Å². The molecule has 0 aliphatic heterocycles. The first-order chi connectivity index (χ1) is 9.61. The summed E-state index contributed by atoms with van der Waals surface area (Å²) in [6.45, 7) is 0. The average Bonchev–Trinajstić information content (AvgIpc) is 2.24. The third kappa shape index (κ3) is 20.4. The summed E-state index contributed by atoms with van der Waals surface area (Å²) in [6.07, 6.45) is 0. The summed E-state index contributed by atoms with van der Waals surface area (Å²) in [6, 6.07) is 4.61. The summed E-state index contributed by atoms with van der Waals surface area (Å²) in [4.78, 5) is 20.4. The summed E-state index contributed by atoms with van der Waals surface area (Å²) in [7, 11) is 17.0. The Labute approximate surface area is 133 Å². The zero-order valence-electron chi connectivity index (χ0n) is 14.8. The van der Waals surface area contributed by atoms with Crippen molar-refractivity contribution in [3.05, 3.63) is 35.4 Å². The summed E-state index contributed by atoms with van der Waals surface area (Å²) in [5.41, 5.74) is -0.111. The maximum absolute atomic E-state index is 10.2. The van der Waals surface area contributed by atoms with Crippen molar-refractivity contribution in [2.75, 3.05) is 56.4 Å². The quantitative estimate of drug-likeness (QED) is 0.660.